The number of nitro groups is 1. The van der Waals surface area contributed by atoms with Crippen LogP contribution >= 0.6 is 22.9 Å². The Morgan fingerprint density at radius 3 is 2.80 bits per heavy atom. The molecule has 0 aliphatic rings. The van der Waals surface area contributed by atoms with Crippen molar-refractivity contribution in [3.05, 3.63) is 49.2 Å². The summed E-state index contributed by atoms with van der Waals surface area (Å²) < 4.78 is 13.5. The van der Waals surface area contributed by atoms with E-state index in [1.54, 1.807) is 13.1 Å². The van der Waals surface area contributed by atoms with Crippen molar-refractivity contribution in [2.45, 2.75) is 19.9 Å². The summed E-state index contributed by atoms with van der Waals surface area (Å²) in [5, 5.41) is 14.4. The van der Waals surface area contributed by atoms with Crippen LogP contribution < -0.4 is 5.32 Å². The Bertz CT molecular complexity index is 662. The van der Waals surface area contributed by atoms with Crippen LogP contribution in [-0.2, 0) is 0 Å². The molecule has 2 aromatic rings. The molecule has 1 heterocycles. The smallest absolute Gasteiger partial charge is 0.294 e. The van der Waals surface area contributed by atoms with Gasteiger partial charge in [0.15, 0.2) is 0 Å². The summed E-state index contributed by atoms with van der Waals surface area (Å²) in [7, 11) is 0. The number of nitro benzene ring substituents is 1. The highest BCUT2D eigenvalue weighted by molar-refractivity contribution is 7.11. The van der Waals surface area contributed by atoms with E-state index in [1.165, 1.54) is 11.3 Å². The summed E-state index contributed by atoms with van der Waals surface area (Å²) in [4.78, 5) is 15.6. The molecule has 1 N–H and O–H groups in total. The van der Waals surface area contributed by atoms with E-state index in [9.17, 15) is 14.5 Å². The quantitative estimate of drug-likeness (QED) is 0.673. The second kappa shape index (κ2) is 5.72. The van der Waals surface area contributed by atoms with Crippen molar-refractivity contribution in [1.29, 1.82) is 0 Å². The van der Waals surface area contributed by atoms with Gasteiger partial charge in [-0.15, -0.1) is 11.3 Å². The predicted octanol–water partition coefficient (Wildman–Crippen LogP) is 4.33. The monoisotopic (exact) mass is 315 g/mol. The summed E-state index contributed by atoms with van der Waals surface area (Å²) >= 11 is 7.04. The topological polar surface area (TPSA) is 68.1 Å². The van der Waals surface area contributed by atoms with Crippen LogP contribution in [0.25, 0.3) is 0 Å². The first-order valence-corrected chi connectivity index (χ1v) is 6.90. The van der Waals surface area contributed by atoms with Gasteiger partial charge in [-0.25, -0.2) is 9.37 Å². The number of thiazole rings is 1. The third-order valence-corrected chi connectivity index (χ3v) is 4.00. The summed E-state index contributed by atoms with van der Waals surface area (Å²) in [6.45, 7) is 3.72. The molecular weight excluding hydrogens is 305 g/mol. The minimum atomic E-state index is -0.706. The zero-order chi connectivity index (χ0) is 14.9. The van der Waals surface area contributed by atoms with Crippen molar-refractivity contribution in [2.24, 2.45) is 0 Å². The molecule has 20 heavy (non-hydrogen) atoms. The lowest BCUT2D eigenvalue weighted by molar-refractivity contribution is -0.384. The maximum Gasteiger partial charge on any atom is 0.294 e. The molecule has 0 saturated carbocycles. The third kappa shape index (κ3) is 3.05. The molecule has 5 nitrogen and oxygen atoms in total. The van der Waals surface area contributed by atoms with E-state index >= 15 is 0 Å². The molecular formula is C12H11ClFN3O2S. The number of hydrogen-bond acceptors (Lipinski definition) is 5. The summed E-state index contributed by atoms with van der Waals surface area (Å²) in [6, 6.07) is 1.75. The van der Waals surface area contributed by atoms with Gasteiger partial charge in [0.2, 0.25) is 0 Å². The molecule has 2 rings (SSSR count). The van der Waals surface area contributed by atoms with Crippen LogP contribution in [0.1, 0.15) is 22.9 Å². The second-order valence-electron chi connectivity index (χ2n) is 4.22. The van der Waals surface area contributed by atoms with E-state index in [0.29, 0.717) is 0 Å². The lowest BCUT2D eigenvalue weighted by atomic mass is 10.2. The lowest BCUT2D eigenvalue weighted by Crippen LogP contribution is -2.08. The maximum atomic E-state index is 13.5. The molecule has 0 spiro atoms. The molecule has 1 unspecified atom stereocenters. The van der Waals surface area contributed by atoms with Crippen molar-refractivity contribution in [1.82, 2.24) is 4.98 Å². The summed E-state index contributed by atoms with van der Waals surface area (Å²) in [6.07, 6.45) is 1.72. The van der Waals surface area contributed by atoms with Crippen LogP contribution in [-0.4, -0.2) is 9.91 Å². The van der Waals surface area contributed by atoms with E-state index in [-0.39, 0.29) is 22.4 Å². The van der Waals surface area contributed by atoms with E-state index in [2.05, 4.69) is 10.3 Å². The fourth-order valence-electron chi connectivity index (χ4n) is 1.67. The highest BCUT2D eigenvalue weighted by atomic mass is 35.5. The Hall–Kier alpha value is -1.73. The van der Waals surface area contributed by atoms with Gasteiger partial charge in [0.05, 0.1) is 16.0 Å². The number of hydrogen-bond donors (Lipinski definition) is 1. The number of anilines is 1. The molecule has 0 saturated heterocycles. The number of nitrogens with zero attached hydrogens (tertiary/aromatic N) is 2. The normalized spacial score (nSPS) is 12.2. The van der Waals surface area contributed by atoms with Crippen LogP contribution in [0, 0.1) is 22.9 Å². The van der Waals surface area contributed by atoms with Crippen molar-refractivity contribution < 1.29 is 9.31 Å². The van der Waals surface area contributed by atoms with Gasteiger partial charge in [0.1, 0.15) is 16.5 Å². The van der Waals surface area contributed by atoms with Gasteiger partial charge in [-0.1, -0.05) is 11.6 Å². The van der Waals surface area contributed by atoms with Crippen molar-refractivity contribution in [3.63, 3.8) is 0 Å². The molecule has 8 heteroatoms. The first-order chi connectivity index (χ1) is 9.38. The number of halogens is 2. The molecule has 0 radical (unpaired) electrons. The number of rotatable bonds is 4. The van der Waals surface area contributed by atoms with Gasteiger partial charge in [-0.3, -0.25) is 10.1 Å². The molecule has 1 aromatic carbocycles. The van der Waals surface area contributed by atoms with Crippen LogP contribution in [0.4, 0.5) is 15.8 Å². The molecule has 0 bridgehead atoms. The van der Waals surface area contributed by atoms with Gasteiger partial charge in [0, 0.05) is 23.2 Å². The molecule has 0 amide bonds. The van der Waals surface area contributed by atoms with Gasteiger partial charge in [0.25, 0.3) is 5.69 Å². The number of nitrogens with one attached hydrogen (secondary N) is 1. The fraction of sp³-hybridized carbons (Fsp3) is 0.250. The third-order valence-electron chi connectivity index (χ3n) is 2.62. The Balaban J connectivity index is 2.33. The van der Waals surface area contributed by atoms with Gasteiger partial charge >= 0.3 is 0 Å². The fourth-order valence-corrected chi connectivity index (χ4v) is 2.60. The standard InChI is InChI=1S/C12H11ClFN3O2S/c1-6-5-15-12(20-6)7(2)16-10-4-9(14)8(13)3-11(10)17(18)19/h3-5,7,16H,1-2H3. The summed E-state index contributed by atoms with van der Waals surface area (Å²) in [5.74, 6) is -0.706. The van der Waals surface area contributed by atoms with Crippen molar-refractivity contribution in [2.75, 3.05) is 5.32 Å². The Morgan fingerprint density at radius 2 is 2.25 bits per heavy atom. The zero-order valence-electron chi connectivity index (χ0n) is 10.7. The SMILES string of the molecule is Cc1cnc(C(C)Nc2cc(F)c(Cl)cc2[N+](=O)[O-])s1. The van der Waals surface area contributed by atoms with Gasteiger partial charge in [-0.05, 0) is 13.8 Å². The van der Waals surface area contributed by atoms with E-state index in [4.69, 9.17) is 11.6 Å². The van der Waals surface area contributed by atoms with Crippen LogP contribution in [0.15, 0.2) is 18.3 Å². The Labute approximate surface area is 123 Å². The first-order valence-electron chi connectivity index (χ1n) is 5.70. The molecule has 1 atom stereocenters. The predicted molar refractivity (Wildman–Crippen MR) is 77.0 cm³/mol. The van der Waals surface area contributed by atoms with E-state index in [1.807, 2.05) is 6.92 Å². The molecule has 0 aliphatic carbocycles. The number of benzene rings is 1. The minimum absolute atomic E-state index is 0.0808. The molecule has 0 aliphatic heterocycles. The highest BCUT2D eigenvalue weighted by Gasteiger charge is 2.20. The number of aryl methyl sites for hydroxylation is 1. The zero-order valence-corrected chi connectivity index (χ0v) is 12.3. The van der Waals surface area contributed by atoms with Crippen LogP contribution in [0.2, 0.25) is 5.02 Å². The van der Waals surface area contributed by atoms with Gasteiger partial charge < -0.3 is 5.32 Å². The Morgan fingerprint density at radius 1 is 1.55 bits per heavy atom. The highest BCUT2D eigenvalue weighted by Crippen LogP contribution is 2.33. The Kier molecular flexibility index (Phi) is 4.20. The second-order valence-corrected chi connectivity index (χ2v) is 5.89. The van der Waals surface area contributed by atoms with Gasteiger partial charge in [-0.2, -0.15) is 0 Å². The van der Waals surface area contributed by atoms with Crippen LogP contribution in [0.5, 0.6) is 0 Å². The maximum absolute atomic E-state index is 13.5. The van der Waals surface area contributed by atoms with E-state index < -0.39 is 10.7 Å². The summed E-state index contributed by atoms with van der Waals surface area (Å²) in [5.41, 5.74) is -0.186. The lowest BCUT2D eigenvalue weighted by Gasteiger charge is -2.13. The molecule has 1 aromatic heterocycles. The average Bonchev–Trinajstić information content (AvgIpc) is 2.80. The van der Waals surface area contributed by atoms with E-state index in [0.717, 1.165) is 22.0 Å². The minimum Gasteiger partial charge on any atom is -0.370 e. The van der Waals surface area contributed by atoms with Crippen molar-refractivity contribution in [3.8, 4) is 0 Å². The van der Waals surface area contributed by atoms with Crippen LogP contribution in [0.3, 0.4) is 0 Å². The number of aromatic nitrogens is 1. The average molecular weight is 316 g/mol. The first kappa shape index (κ1) is 14.7. The molecule has 106 valence electrons. The molecule has 0 fully saturated rings. The largest absolute Gasteiger partial charge is 0.370 e. The van der Waals surface area contributed by atoms with Crippen molar-refractivity contribution >= 4 is 34.3 Å².